The molecule has 0 aliphatic carbocycles. The number of anilines is 1. The highest BCUT2D eigenvalue weighted by atomic mass is 79.9. The Morgan fingerprint density at radius 3 is 2.50 bits per heavy atom. The molecule has 0 radical (unpaired) electrons. The van der Waals surface area contributed by atoms with E-state index in [9.17, 15) is 0 Å². The molecular formula is C14H11Br3ClNO. The molecule has 2 nitrogen and oxygen atoms in total. The molecule has 1 N–H and O–H groups in total. The van der Waals surface area contributed by atoms with Crippen molar-refractivity contribution in [2.24, 2.45) is 0 Å². The van der Waals surface area contributed by atoms with Crippen molar-refractivity contribution in [3.05, 3.63) is 54.3 Å². The lowest BCUT2D eigenvalue weighted by atomic mass is 10.2. The highest BCUT2D eigenvalue weighted by Gasteiger charge is 2.08. The van der Waals surface area contributed by atoms with E-state index >= 15 is 0 Å². The Bertz CT molecular complexity index is 634. The van der Waals surface area contributed by atoms with Crippen LogP contribution in [0.25, 0.3) is 0 Å². The van der Waals surface area contributed by atoms with Crippen molar-refractivity contribution in [1.29, 1.82) is 0 Å². The highest BCUT2D eigenvalue weighted by Crippen LogP contribution is 2.35. The summed E-state index contributed by atoms with van der Waals surface area (Å²) >= 11 is 16.6. The summed E-state index contributed by atoms with van der Waals surface area (Å²) in [5, 5.41) is 4.07. The van der Waals surface area contributed by atoms with Gasteiger partial charge in [0.25, 0.3) is 0 Å². The van der Waals surface area contributed by atoms with Gasteiger partial charge < -0.3 is 10.1 Å². The summed E-state index contributed by atoms with van der Waals surface area (Å²) in [6.45, 7) is 0.634. The fourth-order valence-corrected chi connectivity index (χ4v) is 3.71. The van der Waals surface area contributed by atoms with Gasteiger partial charge in [-0.05, 0) is 55.6 Å². The van der Waals surface area contributed by atoms with Gasteiger partial charge in [0, 0.05) is 26.6 Å². The summed E-state index contributed by atoms with van der Waals surface area (Å²) in [4.78, 5) is 0. The second-order valence-corrected chi connectivity index (χ2v) is 7.09. The maximum absolute atomic E-state index is 6.21. The monoisotopic (exact) mass is 481 g/mol. The van der Waals surface area contributed by atoms with Gasteiger partial charge in [0.15, 0.2) is 0 Å². The van der Waals surface area contributed by atoms with Gasteiger partial charge in [-0.2, -0.15) is 0 Å². The number of halogens is 4. The quantitative estimate of drug-likeness (QED) is 0.554. The van der Waals surface area contributed by atoms with Crippen LogP contribution in [0.15, 0.2) is 43.7 Å². The summed E-state index contributed by atoms with van der Waals surface area (Å²) in [6, 6.07) is 9.73. The molecule has 0 unspecified atom stereocenters. The van der Waals surface area contributed by atoms with E-state index in [2.05, 4.69) is 53.1 Å². The number of ether oxygens (including phenoxy) is 1. The van der Waals surface area contributed by atoms with Gasteiger partial charge >= 0.3 is 0 Å². The standard InChI is InChI=1S/C14H11Br3ClNO/c1-20-14-6-13(10(16)5-11(14)17)19-7-8-2-3-9(15)4-12(8)18/h2-6,19H,7H2,1H3. The zero-order valence-corrected chi connectivity index (χ0v) is 16.0. The van der Waals surface area contributed by atoms with Gasteiger partial charge in [-0.1, -0.05) is 33.6 Å². The predicted molar refractivity (Wildman–Crippen MR) is 94.9 cm³/mol. The molecule has 20 heavy (non-hydrogen) atoms. The minimum Gasteiger partial charge on any atom is -0.495 e. The lowest BCUT2D eigenvalue weighted by Gasteiger charge is -2.13. The van der Waals surface area contributed by atoms with Crippen LogP contribution in [0, 0.1) is 0 Å². The van der Waals surface area contributed by atoms with Crippen molar-refractivity contribution in [3.63, 3.8) is 0 Å². The molecule has 0 aliphatic rings. The van der Waals surface area contributed by atoms with E-state index in [1.807, 2.05) is 30.3 Å². The molecule has 0 heterocycles. The molecule has 0 aromatic heterocycles. The van der Waals surface area contributed by atoms with Crippen LogP contribution < -0.4 is 10.1 Å². The summed E-state index contributed by atoms with van der Waals surface area (Å²) in [6.07, 6.45) is 0. The molecule has 0 aliphatic heterocycles. The second kappa shape index (κ2) is 7.16. The molecule has 106 valence electrons. The van der Waals surface area contributed by atoms with Crippen molar-refractivity contribution in [2.45, 2.75) is 6.54 Å². The van der Waals surface area contributed by atoms with Crippen molar-refractivity contribution < 1.29 is 4.74 Å². The van der Waals surface area contributed by atoms with E-state index in [0.29, 0.717) is 6.54 Å². The van der Waals surface area contributed by atoms with Crippen LogP contribution in [0.4, 0.5) is 5.69 Å². The number of methoxy groups -OCH3 is 1. The molecule has 0 atom stereocenters. The predicted octanol–water partition coefficient (Wildman–Crippen LogP) is 6.25. The van der Waals surface area contributed by atoms with Crippen LogP contribution in [0.1, 0.15) is 5.56 Å². The van der Waals surface area contributed by atoms with E-state index in [1.165, 1.54) is 0 Å². The van der Waals surface area contributed by atoms with Gasteiger partial charge in [0.1, 0.15) is 5.75 Å². The van der Waals surface area contributed by atoms with Crippen LogP contribution >= 0.6 is 59.4 Å². The molecule has 0 amide bonds. The van der Waals surface area contributed by atoms with Crippen molar-refractivity contribution in [2.75, 3.05) is 12.4 Å². The lowest BCUT2D eigenvalue weighted by Crippen LogP contribution is -2.01. The first-order chi connectivity index (χ1) is 9.51. The molecule has 2 aromatic carbocycles. The number of nitrogens with one attached hydrogen (secondary N) is 1. The van der Waals surface area contributed by atoms with Crippen molar-refractivity contribution in [3.8, 4) is 5.75 Å². The van der Waals surface area contributed by atoms with Gasteiger partial charge in [-0.25, -0.2) is 0 Å². The first-order valence-electron chi connectivity index (χ1n) is 5.72. The molecule has 0 saturated carbocycles. The highest BCUT2D eigenvalue weighted by molar-refractivity contribution is 9.11. The molecule has 0 bridgehead atoms. The number of hydrogen-bond acceptors (Lipinski definition) is 2. The maximum Gasteiger partial charge on any atom is 0.135 e. The van der Waals surface area contributed by atoms with Gasteiger partial charge in [-0.15, -0.1) is 0 Å². The minimum atomic E-state index is 0.634. The fourth-order valence-electron chi connectivity index (χ4n) is 1.68. The Balaban J connectivity index is 2.18. The topological polar surface area (TPSA) is 21.3 Å². The number of benzene rings is 2. The van der Waals surface area contributed by atoms with Gasteiger partial charge in [0.05, 0.1) is 17.3 Å². The molecule has 0 saturated heterocycles. The molecule has 6 heteroatoms. The molecule has 2 rings (SSSR count). The average Bonchev–Trinajstić information content (AvgIpc) is 2.39. The average molecular weight is 484 g/mol. The molecular weight excluding hydrogens is 473 g/mol. The molecule has 0 spiro atoms. The van der Waals surface area contributed by atoms with Crippen LogP contribution in [-0.4, -0.2) is 7.11 Å². The smallest absolute Gasteiger partial charge is 0.135 e. The van der Waals surface area contributed by atoms with E-state index in [1.54, 1.807) is 7.11 Å². The van der Waals surface area contributed by atoms with Crippen LogP contribution in [0.2, 0.25) is 5.02 Å². The Hall–Kier alpha value is -0.230. The van der Waals surface area contributed by atoms with Crippen LogP contribution in [0.5, 0.6) is 5.75 Å². The first-order valence-corrected chi connectivity index (χ1v) is 8.48. The summed E-state index contributed by atoms with van der Waals surface area (Å²) in [7, 11) is 1.64. The maximum atomic E-state index is 6.21. The minimum absolute atomic E-state index is 0.634. The third-order valence-corrected chi connectivity index (χ3v) is 4.85. The SMILES string of the molecule is COc1cc(NCc2ccc(Br)cc2Cl)c(Br)cc1Br. The number of rotatable bonds is 4. The Morgan fingerprint density at radius 2 is 1.85 bits per heavy atom. The summed E-state index contributed by atoms with van der Waals surface area (Å²) < 4.78 is 8.12. The van der Waals surface area contributed by atoms with Crippen LogP contribution in [0.3, 0.4) is 0 Å². The largest absolute Gasteiger partial charge is 0.495 e. The van der Waals surface area contributed by atoms with Crippen LogP contribution in [-0.2, 0) is 6.54 Å². The van der Waals surface area contributed by atoms with E-state index in [0.717, 1.165) is 35.4 Å². The van der Waals surface area contributed by atoms with Crippen molar-refractivity contribution >= 4 is 65.1 Å². The Morgan fingerprint density at radius 1 is 1.10 bits per heavy atom. The fraction of sp³-hybridized carbons (Fsp3) is 0.143. The number of hydrogen-bond donors (Lipinski definition) is 1. The zero-order chi connectivity index (χ0) is 14.7. The Kier molecular flexibility index (Phi) is 5.78. The summed E-state index contributed by atoms with van der Waals surface area (Å²) in [5.74, 6) is 0.776. The normalized spacial score (nSPS) is 10.4. The summed E-state index contributed by atoms with van der Waals surface area (Å²) in [5.41, 5.74) is 1.98. The van der Waals surface area contributed by atoms with E-state index < -0.39 is 0 Å². The molecule has 2 aromatic rings. The van der Waals surface area contributed by atoms with E-state index in [-0.39, 0.29) is 0 Å². The first kappa shape index (κ1) is 16.1. The van der Waals surface area contributed by atoms with Gasteiger partial charge in [0.2, 0.25) is 0 Å². The molecule has 0 fully saturated rings. The zero-order valence-electron chi connectivity index (χ0n) is 10.5. The van der Waals surface area contributed by atoms with E-state index in [4.69, 9.17) is 16.3 Å². The lowest BCUT2D eigenvalue weighted by molar-refractivity contribution is 0.412. The Labute approximate surface area is 148 Å². The third-order valence-electron chi connectivity index (χ3n) is 2.73. The third kappa shape index (κ3) is 3.91. The van der Waals surface area contributed by atoms with Crippen molar-refractivity contribution in [1.82, 2.24) is 0 Å². The second-order valence-electron chi connectivity index (χ2n) is 4.06. The van der Waals surface area contributed by atoms with Gasteiger partial charge in [-0.3, -0.25) is 0 Å².